The first-order chi connectivity index (χ1) is 15.0. The summed E-state index contributed by atoms with van der Waals surface area (Å²) in [5.74, 6) is -0.265. The van der Waals surface area contributed by atoms with Gasteiger partial charge < -0.3 is 10.5 Å². The number of ether oxygens (including phenoxy) is 1. The minimum Gasteiger partial charge on any atom is -0.497 e. The maximum absolute atomic E-state index is 13.0. The summed E-state index contributed by atoms with van der Waals surface area (Å²) in [6, 6.07) is 12.5. The third kappa shape index (κ3) is 3.62. The lowest BCUT2D eigenvalue weighted by Gasteiger charge is -2.39. The molecule has 8 nitrogen and oxygen atoms in total. The van der Waals surface area contributed by atoms with Crippen molar-refractivity contribution in [2.24, 2.45) is 5.73 Å². The molecule has 0 fully saturated rings. The van der Waals surface area contributed by atoms with Crippen molar-refractivity contribution in [1.82, 2.24) is 15.4 Å². The Labute approximate surface area is 179 Å². The first kappa shape index (κ1) is 20.2. The summed E-state index contributed by atoms with van der Waals surface area (Å²) >= 11 is 0. The van der Waals surface area contributed by atoms with Crippen LogP contribution in [0.4, 0.5) is 0 Å². The number of methoxy groups -OCH3 is 1. The van der Waals surface area contributed by atoms with Gasteiger partial charge in [0.2, 0.25) is 0 Å². The number of aromatic nitrogens is 1. The fraction of sp³-hybridized carbons (Fsp3) is 0.217. The summed E-state index contributed by atoms with van der Waals surface area (Å²) in [5.41, 5.74) is 11.6. The molecule has 1 amide bonds. The van der Waals surface area contributed by atoms with E-state index in [0.717, 1.165) is 5.56 Å². The zero-order chi connectivity index (χ0) is 22.0. The quantitative estimate of drug-likeness (QED) is 0.787. The summed E-state index contributed by atoms with van der Waals surface area (Å²) in [5, 5.41) is 11.3. The zero-order valence-electron chi connectivity index (χ0n) is 17.0. The van der Waals surface area contributed by atoms with Crippen LogP contribution in [0, 0.1) is 11.3 Å². The maximum Gasteiger partial charge on any atom is 0.270 e. The summed E-state index contributed by atoms with van der Waals surface area (Å²) < 4.78 is 5.22. The van der Waals surface area contributed by atoms with Crippen LogP contribution in [0.3, 0.4) is 0 Å². The number of benzene rings is 1. The lowest BCUT2D eigenvalue weighted by Crippen LogP contribution is -2.48. The molecule has 2 aromatic rings. The smallest absolute Gasteiger partial charge is 0.270 e. The van der Waals surface area contributed by atoms with E-state index in [4.69, 9.17) is 10.5 Å². The average Bonchev–Trinajstić information content (AvgIpc) is 2.81. The molecule has 0 saturated carbocycles. The Morgan fingerprint density at radius 1 is 1.23 bits per heavy atom. The highest BCUT2D eigenvalue weighted by atomic mass is 16.5. The molecule has 8 heteroatoms. The van der Waals surface area contributed by atoms with Gasteiger partial charge in [-0.25, -0.2) is 5.01 Å². The van der Waals surface area contributed by atoms with Gasteiger partial charge in [-0.3, -0.25) is 20.0 Å². The van der Waals surface area contributed by atoms with E-state index in [9.17, 15) is 14.9 Å². The van der Waals surface area contributed by atoms with Crippen molar-refractivity contribution in [3.8, 4) is 11.8 Å². The van der Waals surface area contributed by atoms with E-state index in [2.05, 4.69) is 16.5 Å². The number of nitrogens with one attached hydrogen (secondary N) is 1. The number of rotatable bonds is 4. The molecular formula is C23H21N5O3. The maximum atomic E-state index is 13.0. The molecule has 1 atom stereocenters. The molecule has 1 aliphatic heterocycles. The number of carbonyl (C=O) groups is 2. The van der Waals surface area contributed by atoms with Crippen LogP contribution in [0.25, 0.3) is 0 Å². The van der Waals surface area contributed by atoms with E-state index < -0.39 is 11.8 Å². The van der Waals surface area contributed by atoms with Gasteiger partial charge in [0.25, 0.3) is 5.91 Å². The van der Waals surface area contributed by atoms with Crippen molar-refractivity contribution < 1.29 is 14.3 Å². The summed E-state index contributed by atoms with van der Waals surface area (Å²) in [6.07, 6.45) is 4.61. The van der Waals surface area contributed by atoms with E-state index in [0.29, 0.717) is 41.8 Å². The van der Waals surface area contributed by atoms with Crippen molar-refractivity contribution in [2.75, 3.05) is 7.11 Å². The number of hydrazine groups is 1. The molecule has 2 aliphatic rings. The van der Waals surface area contributed by atoms with Crippen molar-refractivity contribution in [3.05, 3.63) is 82.6 Å². The summed E-state index contributed by atoms with van der Waals surface area (Å²) in [4.78, 5) is 29.7. The molecule has 0 radical (unpaired) electrons. The number of hydrogen-bond acceptors (Lipinski definition) is 7. The topological polar surface area (TPSA) is 121 Å². The Morgan fingerprint density at radius 3 is 2.58 bits per heavy atom. The van der Waals surface area contributed by atoms with Gasteiger partial charge in [0.15, 0.2) is 5.78 Å². The molecule has 1 aromatic heterocycles. The predicted molar refractivity (Wildman–Crippen MR) is 112 cm³/mol. The first-order valence-corrected chi connectivity index (χ1v) is 9.86. The minimum absolute atomic E-state index is 0.0505. The van der Waals surface area contributed by atoms with Crippen LogP contribution in [-0.2, 0) is 4.79 Å². The van der Waals surface area contributed by atoms with Crippen LogP contribution in [-0.4, -0.2) is 28.8 Å². The molecule has 3 N–H and O–H groups in total. The van der Waals surface area contributed by atoms with Gasteiger partial charge in [-0.15, -0.1) is 0 Å². The number of hydrogen-bond donors (Lipinski definition) is 2. The molecule has 1 aromatic carbocycles. The highest BCUT2D eigenvalue weighted by Gasteiger charge is 2.40. The fourth-order valence-corrected chi connectivity index (χ4v) is 4.01. The monoisotopic (exact) mass is 415 g/mol. The van der Waals surface area contributed by atoms with Crippen molar-refractivity contribution in [2.45, 2.75) is 25.2 Å². The van der Waals surface area contributed by atoms with E-state index in [1.807, 2.05) is 12.1 Å². The van der Waals surface area contributed by atoms with Gasteiger partial charge in [0.1, 0.15) is 11.6 Å². The van der Waals surface area contributed by atoms with Crippen LogP contribution in [0.15, 0.2) is 71.5 Å². The standard InChI is InChI=1S/C23H21N5O3/c1-31-16-7-5-14(6-8-16)20-17(13-24)22(25)28(18-3-2-4-19(29)21(18)20)27-23(30)15-9-11-26-12-10-15/h5-12,20H,2-4,25H2,1H3,(H,27,30). The average molecular weight is 415 g/mol. The second-order valence-electron chi connectivity index (χ2n) is 7.27. The third-order valence-corrected chi connectivity index (χ3v) is 5.52. The molecule has 1 aliphatic carbocycles. The SMILES string of the molecule is COc1ccc(C2C(C#N)=C(N)N(NC(=O)c3ccncc3)C3=C2C(=O)CCC3)cc1. The molecule has 0 saturated heterocycles. The van der Waals surface area contributed by atoms with E-state index in [1.54, 1.807) is 31.4 Å². The number of Topliss-reactive ketones (excluding diaryl/α,β-unsaturated/α-hetero) is 1. The molecule has 31 heavy (non-hydrogen) atoms. The Morgan fingerprint density at radius 2 is 1.94 bits per heavy atom. The largest absolute Gasteiger partial charge is 0.497 e. The lowest BCUT2D eigenvalue weighted by atomic mass is 9.76. The molecule has 0 bridgehead atoms. The third-order valence-electron chi connectivity index (χ3n) is 5.52. The Kier molecular flexibility index (Phi) is 5.41. The Hall–Kier alpha value is -4.12. The number of nitriles is 1. The van der Waals surface area contributed by atoms with Crippen LogP contribution >= 0.6 is 0 Å². The Balaban J connectivity index is 1.80. The number of nitrogens with zero attached hydrogens (tertiary/aromatic N) is 3. The highest BCUT2D eigenvalue weighted by Crippen LogP contribution is 2.44. The molecule has 4 rings (SSSR count). The number of ketones is 1. The lowest BCUT2D eigenvalue weighted by molar-refractivity contribution is -0.116. The van der Waals surface area contributed by atoms with Crippen molar-refractivity contribution >= 4 is 11.7 Å². The number of allylic oxidation sites excluding steroid dienone is 3. The number of carbonyl (C=O) groups excluding carboxylic acids is 2. The minimum atomic E-state index is -0.590. The van der Waals surface area contributed by atoms with Gasteiger partial charge in [0, 0.05) is 35.6 Å². The molecule has 0 spiro atoms. The molecule has 2 heterocycles. The normalized spacial score (nSPS) is 18.4. The number of nitrogens with two attached hydrogens (primary N) is 1. The fourth-order valence-electron chi connectivity index (χ4n) is 4.01. The van der Waals surface area contributed by atoms with Crippen molar-refractivity contribution in [1.29, 1.82) is 5.26 Å². The molecular weight excluding hydrogens is 394 g/mol. The predicted octanol–water partition coefficient (Wildman–Crippen LogP) is 2.54. The summed E-state index contributed by atoms with van der Waals surface area (Å²) in [6.45, 7) is 0. The number of amides is 1. The van der Waals surface area contributed by atoms with Crippen LogP contribution in [0.5, 0.6) is 5.75 Å². The van der Waals surface area contributed by atoms with Gasteiger partial charge in [-0.2, -0.15) is 5.26 Å². The zero-order valence-corrected chi connectivity index (χ0v) is 17.0. The van der Waals surface area contributed by atoms with Crippen LogP contribution < -0.4 is 15.9 Å². The summed E-state index contributed by atoms with van der Waals surface area (Å²) in [7, 11) is 1.57. The van der Waals surface area contributed by atoms with Crippen LogP contribution in [0.2, 0.25) is 0 Å². The van der Waals surface area contributed by atoms with Crippen molar-refractivity contribution in [3.63, 3.8) is 0 Å². The highest BCUT2D eigenvalue weighted by molar-refractivity contribution is 6.00. The van der Waals surface area contributed by atoms with Gasteiger partial charge in [-0.1, -0.05) is 12.1 Å². The molecule has 1 unspecified atom stereocenters. The van der Waals surface area contributed by atoms with Gasteiger partial charge in [0.05, 0.1) is 24.7 Å². The molecule has 156 valence electrons. The van der Waals surface area contributed by atoms with E-state index in [1.165, 1.54) is 17.4 Å². The second kappa shape index (κ2) is 8.32. The first-order valence-electron chi connectivity index (χ1n) is 9.86. The second-order valence-corrected chi connectivity index (χ2v) is 7.27. The van der Waals surface area contributed by atoms with E-state index >= 15 is 0 Å². The van der Waals surface area contributed by atoms with Crippen LogP contribution in [0.1, 0.15) is 41.1 Å². The van der Waals surface area contributed by atoms with Gasteiger partial charge in [-0.05, 0) is 42.7 Å². The van der Waals surface area contributed by atoms with Gasteiger partial charge >= 0.3 is 0 Å². The van der Waals surface area contributed by atoms with E-state index in [-0.39, 0.29) is 17.2 Å². The Bertz CT molecular complexity index is 1130. The number of pyridine rings is 1.